The average Bonchev–Trinajstić information content (AvgIpc) is 3.55. The molecule has 0 saturated carbocycles. The molecule has 2 aromatic carbocycles. The van der Waals surface area contributed by atoms with Crippen LogP contribution < -0.4 is 5.32 Å². The van der Waals surface area contributed by atoms with Gasteiger partial charge in [0.25, 0.3) is 5.91 Å². The van der Waals surface area contributed by atoms with Gasteiger partial charge in [-0.2, -0.15) is 11.8 Å². The molecule has 2 atom stereocenters. The normalized spacial score (nSPS) is 16.3. The van der Waals surface area contributed by atoms with E-state index in [9.17, 15) is 9.59 Å². The van der Waals surface area contributed by atoms with Crippen molar-refractivity contribution in [2.45, 2.75) is 31.5 Å². The Morgan fingerprint density at radius 3 is 2.71 bits per heavy atom. The molecule has 4 aromatic rings. The van der Waals surface area contributed by atoms with E-state index in [-0.39, 0.29) is 23.6 Å². The van der Waals surface area contributed by atoms with Crippen molar-refractivity contribution in [3.05, 3.63) is 89.6 Å². The summed E-state index contributed by atoms with van der Waals surface area (Å²) in [6.07, 6.45) is 4.69. The molecule has 2 amide bonds. The quantitative estimate of drug-likeness (QED) is 0.416. The Labute approximate surface area is 201 Å². The molecule has 0 fully saturated rings. The Bertz CT molecular complexity index is 1270. The van der Waals surface area contributed by atoms with E-state index < -0.39 is 6.04 Å². The van der Waals surface area contributed by atoms with E-state index >= 15 is 0 Å². The molecule has 0 radical (unpaired) electrons. The van der Waals surface area contributed by atoms with Crippen LogP contribution in [0, 0.1) is 0 Å². The van der Waals surface area contributed by atoms with Gasteiger partial charge in [0.05, 0.1) is 23.3 Å². The molecule has 1 aliphatic heterocycles. The van der Waals surface area contributed by atoms with Crippen LogP contribution in [-0.2, 0) is 17.8 Å². The maximum Gasteiger partial charge on any atom is 0.290 e. The van der Waals surface area contributed by atoms with Crippen molar-refractivity contribution in [2.75, 3.05) is 12.0 Å². The molecule has 2 aromatic heterocycles. The highest BCUT2D eigenvalue weighted by Gasteiger charge is 2.37. The van der Waals surface area contributed by atoms with Crippen LogP contribution in [0.25, 0.3) is 11.0 Å². The van der Waals surface area contributed by atoms with Crippen molar-refractivity contribution in [1.82, 2.24) is 20.2 Å². The Morgan fingerprint density at radius 2 is 1.94 bits per heavy atom. The van der Waals surface area contributed by atoms with Crippen LogP contribution in [0.2, 0.25) is 0 Å². The molecular weight excluding hydrogens is 448 g/mol. The van der Waals surface area contributed by atoms with Crippen LogP contribution in [0.3, 0.4) is 0 Å². The average molecular weight is 475 g/mol. The first-order valence-corrected chi connectivity index (χ1v) is 12.7. The van der Waals surface area contributed by atoms with E-state index in [1.807, 2.05) is 54.8 Å². The lowest BCUT2D eigenvalue weighted by molar-refractivity contribution is -0.127. The largest absolute Gasteiger partial charge is 0.459 e. The van der Waals surface area contributed by atoms with E-state index in [1.54, 1.807) is 28.8 Å². The van der Waals surface area contributed by atoms with E-state index in [1.165, 1.54) is 6.26 Å². The minimum atomic E-state index is -0.645. The number of hydrogen-bond donors (Lipinski definition) is 2. The summed E-state index contributed by atoms with van der Waals surface area (Å²) in [5.41, 5.74) is 3.92. The van der Waals surface area contributed by atoms with Gasteiger partial charge in [0, 0.05) is 13.0 Å². The number of amides is 2. The first-order chi connectivity index (χ1) is 16.6. The number of hydrogen-bond acceptors (Lipinski definition) is 5. The van der Waals surface area contributed by atoms with Crippen LogP contribution in [0.15, 0.2) is 71.3 Å². The van der Waals surface area contributed by atoms with Gasteiger partial charge in [-0.25, -0.2) is 4.98 Å². The van der Waals surface area contributed by atoms with Crippen molar-refractivity contribution in [3.8, 4) is 0 Å². The zero-order valence-corrected chi connectivity index (χ0v) is 19.7. The van der Waals surface area contributed by atoms with Crippen LogP contribution >= 0.6 is 11.8 Å². The molecule has 174 valence electrons. The Kier molecular flexibility index (Phi) is 6.40. The zero-order valence-electron chi connectivity index (χ0n) is 18.9. The fraction of sp³-hybridized carbons (Fsp3) is 0.269. The lowest BCUT2D eigenvalue weighted by Crippen LogP contribution is -2.53. The molecule has 7 nitrogen and oxygen atoms in total. The number of imidazole rings is 1. The third-order valence-electron chi connectivity index (χ3n) is 6.21. The summed E-state index contributed by atoms with van der Waals surface area (Å²) in [5, 5.41) is 3.19. The SMILES string of the molecule is CSCC[C@@H](NC(=O)C1Cc2ccccc2CN1C(=O)c1ccco1)c1nc2ccccc2[nH]1. The Balaban J connectivity index is 1.43. The van der Waals surface area contributed by atoms with Crippen molar-refractivity contribution in [2.24, 2.45) is 0 Å². The summed E-state index contributed by atoms with van der Waals surface area (Å²) < 4.78 is 5.36. The molecule has 0 spiro atoms. The molecule has 34 heavy (non-hydrogen) atoms. The molecular formula is C26H26N4O3S. The number of nitrogens with zero attached hydrogens (tertiary/aromatic N) is 2. The van der Waals surface area contributed by atoms with Crippen molar-refractivity contribution in [1.29, 1.82) is 0 Å². The predicted molar refractivity (Wildman–Crippen MR) is 132 cm³/mol. The highest BCUT2D eigenvalue weighted by molar-refractivity contribution is 7.98. The summed E-state index contributed by atoms with van der Waals surface area (Å²) in [7, 11) is 0. The fourth-order valence-electron chi connectivity index (χ4n) is 4.43. The Hall–Kier alpha value is -3.52. The van der Waals surface area contributed by atoms with Gasteiger partial charge >= 0.3 is 0 Å². The maximum absolute atomic E-state index is 13.7. The number of para-hydroxylation sites is 2. The number of carbonyl (C=O) groups excluding carboxylic acids is 2. The summed E-state index contributed by atoms with van der Waals surface area (Å²) >= 11 is 1.72. The van der Waals surface area contributed by atoms with Gasteiger partial charge in [-0.3, -0.25) is 9.59 Å². The summed E-state index contributed by atoms with van der Waals surface area (Å²) in [6, 6.07) is 18.1. The number of benzene rings is 2. The van der Waals surface area contributed by atoms with E-state index in [2.05, 4.69) is 10.3 Å². The van der Waals surface area contributed by atoms with Crippen LogP contribution in [0.5, 0.6) is 0 Å². The number of aromatic amines is 1. The highest BCUT2D eigenvalue weighted by atomic mass is 32.2. The number of H-pyrrole nitrogens is 1. The second kappa shape index (κ2) is 9.77. The van der Waals surface area contributed by atoms with Gasteiger partial charge in [0.15, 0.2) is 5.76 Å². The third-order valence-corrected chi connectivity index (χ3v) is 6.85. The Morgan fingerprint density at radius 1 is 1.15 bits per heavy atom. The number of nitrogens with one attached hydrogen (secondary N) is 2. The minimum Gasteiger partial charge on any atom is -0.459 e. The number of aromatic nitrogens is 2. The van der Waals surface area contributed by atoms with Gasteiger partial charge in [-0.15, -0.1) is 0 Å². The smallest absolute Gasteiger partial charge is 0.290 e. The zero-order chi connectivity index (χ0) is 23.5. The predicted octanol–water partition coefficient (Wildman–Crippen LogP) is 4.33. The second-order valence-corrected chi connectivity index (χ2v) is 9.37. The number of furan rings is 1. The van der Waals surface area contributed by atoms with Crippen LogP contribution in [0.4, 0.5) is 0 Å². The van der Waals surface area contributed by atoms with Gasteiger partial charge in [0.1, 0.15) is 11.9 Å². The summed E-state index contributed by atoms with van der Waals surface area (Å²) in [4.78, 5) is 36.6. The van der Waals surface area contributed by atoms with Crippen molar-refractivity contribution in [3.63, 3.8) is 0 Å². The molecule has 8 heteroatoms. The van der Waals surface area contributed by atoms with Gasteiger partial charge in [-0.1, -0.05) is 36.4 Å². The maximum atomic E-state index is 13.7. The van der Waals surface area contributed by atoms with E-state index in [0.717, 1.165) is 40.2 Å². The van der Waals surface area contributed by atoms with E-state index in [4.69, 9.17) is 9.40 Å². The molecule has 0 saturated heterocycles. The second-order valence-electron chi connectivity index (χ2n) is 8.38. The molecule has 0 bridgehead atoms. The fourth-order valence-corrected chi connectivity index (χ4v) is 4.90. The first kappa shape index (κ1) is 22.3. The number of thioether (sulfide) groups is 1. The molecule has 5 rings (SSSR count). The summed E-state index contributed by atoms with van der Waals surface area (Å²) in [5.74, 6) is 1.34. The van der Waals surface area contributed by atoms with Crippen LogP contribution in [0.1, 0.15) is 40.0 Å². The highest BCUT2D eigenvalue weighted by Crippen LogP contribution is 2.27. The molecule has 1 aliphatic rings. The first-order valence-electron chi connectivity index (χ1n) is 11.3. The number of carbonyl (C=O) groups is 2. The van der Waals surface area contributed by atoms with Crippen molar-refractivity contribution >= 4 is 34.6 Å². The molecule has 1 unspecified atom stereocenters. The van der Waals surface area contributed by atoms with E-state index in [0.29, 0.717) is 13.0 Å². The van der Waals surface area contributed by atoms with Gasteiger partial charge < -0.3 is 19.6 Å². The molecule has 3 heterocycles. The van der Waals surface area contributed by atoms with Crippen molar-refractivity contribution < 1.29 is 14.0 Å². The number of fused-ring (bicyclic) bond motifs is 2. The lowest BCUT2D eigenvalue weighted by Gasteiger charge is -2.36. The lowest BCUT2D eigenvalue weighted by atomic mass is 9.93. The number of rotatable bonds is 7. The topological polar surface area (TPSA) is 91.2 Å². The minimum absolute atomic E-state index is 0.194. The molecule has 2 N–H and O–H groups in total. The van der Waals surface area contributed by atoms with Crippen LogP contribution in [-0.4, -0.2) is 44.7 Å². The monoisotopic (exact) mass is 474 g/mol. The third kappa shape index (κ3) is 4.46. The standard InChI is InChI=1S/C26H26N4O3S/c1-34-14-12-21(24-27-19-9-4-5-10-20(19)28-24)29-25(31)22-15-17-7-2-3-8-18(17)16-30(22)26(32)23-11-6-13-33-23/h2-11,13,21-22H,12,14-16H2,1H3,(H,27,28)(H,29,31)/t21-,22?/m1/s1. The molecule has 0 aliphatic carbocycles. The summed E-state index contributed by atoms with van der Waals surface area (Å²) in [6.45, 7) is 0.355. The van der Waals surface area contributed by atoms with Gasteiger partial charge in [-0.05, 0) is 53.8 Å². The van der Waals surface area contributed by atoms with Gasteiger partial charge in [0.2, 0.25) is 5.91 Å².